The van der Waals surface area contributed by atoms with Crippen LogP contribution in [0, 0.1) is 12.8 Å². The van der Waals surface area contributed by atoms with Crippen LogP contribution in [-0.4, -0.2) is 15.4 Å². The van der Waals surface area contributed by atoms with Crippen molar-refractivity contribution in [1.29, 1.82) is 0 Å². The summed E-state index contributed by atoms with van der Waals surface area (Å²) in [4.78, 5) is 4.79. The molecule has 0 aliphatic rings. The molecule has 1 heterocycles. The highest BCUT2D eigenvalue weighted by Crippen LogP contribution is 2.30. The highest BCUT2D eigenvalue weighted by Gasteiger charge is 2.21. The summed E-state index contributed by atoms with van der Waals surface area (Å²) >= 11 is 5.95. The fraction of sp³-hybridized carbons (Fsp3) is 0.562. The Bertz CT molecular complexity index is 557. The van der Waals surface area contributed by atoms with Crippen molar-refractivity contribution in [3.8, 4) is 0 Å². The van der Waals surface area contributed by atoms with Gasteiger partial charge in [0.25, 0.3) is 0 Å². The van der Waals surface area contributed by atoms with Gasteiger partial charge in [0, 0.05) is 18.3 Å². The Kier molecular flexibility index (Phi) is 4.51. The maximum absolute atomic E-state index is 5.95. The number of imidazole rings is 1. The van der Waals surface area contributed by atoms with Crippen LogP contribution >= 0.6 is 11.6 Å². The summed E-state index contributed by atoms with van der Waals surface area (Å²) < 4.78 is 2.43. The van der Waals surface area contributed by atoms with Crippen LogP contribution < -0.4 is 0 Å². The van der Waals surface area contributed by atoms with E-state index in [-0.39, 0.29) is 0 Å². The van der Waals surface area contributed by atoms with Gasteiger partial charge >= 0.3 is 0 Å². The molecular weight excluding hydrogens is 256 g/mol. The molecule has 0 amide bonds. The SMILES string of the molecule is CCC(C(C)C)n1c(CCCl)nc2cccc(C)c21. The van der Waals surface area contributed by atoms with Crippen LogP contribution in [0.25, 0.3) is 11.0 Å². The minimum Gasteiger partial charge on any atom is -0.324 e. The van der Waals surface area contributed by atoms with E-state index < -0.39 is 0 Å². The van der Waals surface area contributed by atoms with E-state index in [1.165, 1.54) is 11.1 Å². The number of nitrogens with zero attached hydrogens (tertiary/aromatic N) is 2. The predicted octanol–water partition coefficient (Wildman–Crippen LogP) is 4.73. The summed E-state index contributed by atoms with van der Waals surface area (Å²) in [6.07, 6.45) is 1.95. The summed E-state index contributed by atoms with van der Waals surface area (Å²) in [6.45, 7) is 8.97. The van der Waals surface area contributed by atoms with Crippen molar-refractivity contribution in [2.24, 2.45) is 5.92 Å². The molecule has 1 atom stereocenters. The number of hydrogen-bond donors (Lipinski definition) is 0. The highest BCUT2D eigenvalue weighted by atomic mass is 35.5. The molecule has 1 unspecified atom stereocenters. The van der Waals surface area contributed by atoms with Gasteiger partial charge in [-0.3, -0.25) is 0 Å². The van der Waals surface area contributed by atoms with Crippen LogP contribution in [0.1, 0.15) is 44.6 Å². The third kappa shape index (κ3) is 2.64. The van der Waals surface area contributed by atoms with Gasteiger partial charge in [-0.15, -0.1) is 11.6 Å². The van der Waals surface area contributed by atoms with Gasteiger partial charge < -0.3 is 4.57 Å². The van der Waals surface area contributed by atoms with Crippen LogP contribution in [0.15, 0.2) is 18.2 Å². The molecule has 0 spiro atoms. The maximum Gasteiger partial charge on any atom is 0.111 e. The number of benzene rings is 1. The Morgan fingerprint density at radius 3 is 2.63 bits per heavy atom. The van der Waals surface area contributed by atoms with Crippen molar-refractivity contribution < 1.29 is 0 Å². The van der Waals surface area contributed by atoms with Crippen LogP contribution in [-0.2, 0) is 6.42 Å². The molecule has 3 heteroatoms. The highest BCUT2D eigenvalue weighted by molar-refractivity contribution is 6.17. The Balaban J connectivity index is 2.69. The number of rotatable bonds is 5. The third-order valence-corrected chi connectivity index (χ3v) is 4.01. The Labute approximate surface area is 120 Å². The zero-order chi connectivity index (χ0) is 14.0. The van der Waals surface area contributed by atoms with Crippen molar-refractivity contribution in [3.63, 3.8) is 0 Å². The summed E-state index contributed by atoms with van der Waals surface area (Å²) in [6, 6.07) is 6.83. The second-order valence-corrected chi connectivity index (χ2v) is 5.88. The first-order valence-electron chi connectivity index (χ1n) is 7.12. The number of para-hydroxylation sites is 1. The van der Waals surface area contributed by atoms with Gasteiger partial charge in [-0.1, -0.05) is 32.9 Å². The number of hydrogen-bond acceptors (Lipinski definition) is 1. The minimum absolute atomic E-state index is 0.490. The average molecular weight is 279 g/mol. The van der Waals surface area contributed by atoms with Gasteiger partial charge in [0.1, 0.15) is 5.82 Å². The van der Waals surface area contributed by atoms with Crippen LogP contribution in [0.2, 0.25) is 0 Å². The molecule has 0 bridgehead atoms. The summed E-state index contributed by atoms with van der Waals surface area (Å²) in [5.41, 5.74) is 3.67. The van der Waals surface area contributed by atoms with E-state index in [1.807, 2.05) is 0 Å². The largest absolute Gasteiger partial charge is 0.324 e. The lowest BCUT2D eigenvalue weighted by Crippen LogP contribution is -2.17. The molecule has 104 valence electrons. The molecule has 0 radical (unpaired) electrons. The Morgan fingerprint density at radius 1 is 1.32 bits per heavy atom. The number of aryl methyl sites for hydroxylation is 2. The average Bonchev–Trinajstić information content (AvgIpc) is 2.70. The normalized spacial score (nSPS) is 13.4. The Morgan fingerprint density at radius 2 is 2.05 bits per heavy atom. The fourth-order valence-corrected chi connectivity index (χ4v) is 3.11. The van der Waals surface area contributed by atoms with E-state index in [1.54, 1.807) is 0 Å². The smallest absolute Gasteiger partial charge is 0.111 e. The maximum atomic E-state index is 5.95. The van der Waals surface area contributed by atoms with Gasteiger partial charge in [-0.2, -0.15) is 0 Å². The van der Waals surface area contributed by atoms with Crippen molar-refractivity contribution in [1.82, 2.24) is 9.55 Å². The second-order valence-electron chi connectivity index (χ2n) is 5.50. The summed E-state index contributed by atoms with van der Waals surface area (Å²) in [5, 5.41) is 0. The van der Waals surface area contributed by atoms with E-state index in [9.17, 15) is 0 Å². The lowest BCUT2D eigenvalue weighted by molar-refractivity contribution is 0.365. The number of aromatic nitrogens is 2. The van der Waals surface area contributed by atoms with Crippen LogP contribution in [0.5, 0.6) is 0 Å². The number of halogens is 1. The molecule has 1 aromatic heterocycles. The van der Waals surface area contributed by atoms with Gasteiger partial charge in [0.15, 0.2) is 0 Å². The van der Waals surface area contributed by atoms with E-state index in [0.717, 1.165) is 24.2 Å². The fourth-order valence-electron chi connectivity index (χ4n) is 2.94. The molecule has 2 rings (SSSR count). The molecule has 0 N–H and O–H groups in total. The summed E-state index contributed by atoms with van der Waals surface area (Å²) in [5.74, 6) is 2.34. The number of fused-ring (bicyclic) bond motifs is 1. The topological polar surface area (TPSA) is 17.8 Å². The first-order chi connectivity index (χ1) is 9.10. The van der Waals surface area contributed by atoms with E-state index >= 15 is 0 Å². The van der Waals surface area contributed by atoms with Gasteiger partial charge in [-0.05, 0) is 30.9 Å². The molecule has 19 heavy (non-hydrogen) atoms. The minimum atomic E-state index is 0.490. The first-order valence-corrected chi connectivity index (χ1v) is 7.66. The molecule has 0 saturated heterocycles. The lowest BCUT2D eigenvalue weighted by Gasteiger charge is -2.24. The van der Waals surface area contributed by atoms with Crippen molar-refractivity contribution >= 4 is 22.6 Å². The second kappa shape index (κ2) is 5.96. The lowest BCUT2D eigenvalue weighted by atomic mass is 10.0. The van der Waals surface area contributed by atoms with Gasteiger partial charge in [0.2, 0.25) is 0 Å². The molecule has 2 aromatic rings. The summed E-state index contributed by atoms with van der Waals surface area (Å²) in [7, 11) is 0. The van der Waals surface area contributed by atoms with Crippen molar-refractivity contribution in [3.05, 3.63) is 29.6 Å². The zero-order valence-electron chi connectivity index (χ0n) is 12.3. The van der Waals surface area contributed by atoms with Crippen LogP contribution in [0.3, 0.4) is 0 Å². The third-order valence-electron chi connectivity index (χ3n) is 3.82. The molecule has 1 aromatic carbocycles. The number of alkyl halides is 1. The van der Waals surface area contributed by atoms with Crippen molar-refractivity contribution in [2.75, 3.05) is 5.88 Å². The first kappa shape index (κ1) is 14.4. The zero-order valence-corrected chi connectivity index (χ0v) is 13.0. The monoisotopic (exact) mass is 278 g/mol. The van der Waals surface area contributed by atoms with Gasteiger partial charge in [0.05, 0.1) is 11.0 Å². The Hall–Kier alpha value is -1.02. The standard InChI is InChI=1S/C16H23ClN2/c1-5-14(11(2)3)19-15(9-10-17)18-13-8-6-7-12(4)16(13)19/h6-8,11,14H,5,9-10H2,1-4H3. The molecule has 0 saturated carbocycles. The van der Waals surface area contributed by atoms with E-state index in [2.05, 4.69) is 50.5 Å². The molecule has 2 nitrogen and oxygen atoms in total. The molecule has 0 aliphatic carbocycles. The van der Waals surface area contributed by atoms with E-state index in [0.29, 0.717) is 17.8 Å². The molecule has 0 fully saturated rings. The van der Waals surface area contributed by atoms with Crippen molar-refractivity contribution in [2.45, 2.75) is 46.6 Å². The molecule has 0 aliphatic heterocycles. The quantitative estimate of drug-likeness (QED) is 0.723. The van der Waals surface area contributed by atoms with Crippen LogP contribution in [0.4, 0.5) is 0 Å². The van der Waals surface area contributed by atoms with E-state index in [4.69, 9.17) is 16.6 Å². The van der Waals surface area contributed by atoms with Gasteiger partial charge in [-0.25, -0.2) is 4.98 Å². The predicted molar refractivity (Wildman–Crippen MR) is 83.1 cm³/mol. The molecular formula is C16H23ClN2.